The van der Waals surface area contributed by atoms with E-state index in [2.05, 4.69) is 10.6 Å². The predicted molar refractivity (Wildman–Crippen MR) is 124 cm³/mol. The van der Waals surface area contributed by atoms with Crippen molar-refractivity contribution in [2.45, 2.75) is 57.6 Å². The van der Waals surface area contributed by atoms with E-state index in [1.54, 1.807) is 24.0 Å². The summed E-state index contributed by atoms with van der Waals surface area (Å²) in [6.45, 7) is 2.76. The highest BCUT2D eigenvalue weighted by atomic mass is 16.5. The number of urea groups is 1. The molecule has 0 saturated heterocycles. The summed E-state index contributed by atoms with van der Waals surface area (Å²) < 4.78 is 11.5. The highest BCUT2D eigenvalue weighted by Gasteiger charge is 2.31. The molecule has 1 saturated carbocycles. The second-order valence-electron chi connectivity index (χ2n) is 8.38. The lowest BCUT2D eigenvalue weighted by Crippen LogP contribution is -2.45. The Labute approximate surface area is 189 Å². The molecule has 3 amide bonds. The van der Waals surface area contributed by atoms with Gasteiger partial charge in [-0.25, -0.2) is 4.79 Å². The topological polar surface area (TPSA) is 79.9 Å². The van der Waals surface area contributed by atoms with Gasteiger partial charge < -0.3 is 25.0 Å². The molecule has 7 heteroatoms. The first-order valence-electron chi connectivity index (χ1n) is 11.5. The Kier molecular flexibility index (Phi) is 7.14. The number of hydrogen-bond acceptors (Lipinski definition) is 4. The van der Waals surface area contributed by atoms with Crippen molar-refractivity contribution in [2.24, 2.45) is 0 Å². The number of fused-ring (bicyclic) bond motifs is 1. The number of hydrogen-bond donors (Lipinski definition) is 2. The number of benzene rings is 2. The number of carbonyl (C=O) groups is 2. The second-order valence-corrected chi connectivity index (χ2v) is 8.38. The first-order chi connectivity index (χ1) is 15.6. The van der Waals surface area contributed by atoms with Crippen LogP contribution in [-0.4, -0.2) is 37.2 Å². The van der Waals surface area contributed by atoms with Gasteiger partial charge >= 0.3 is 6.03 Å². The van der Waals surface area contributed by atoms with E-state index < -0.39 is 6.10 Å². The Morgan fingerprint density at radius 2 is 1.91 bits per heavy atom. The lowest BCUT2D eigenvalue weighted by Gasteiger charge is -2.33. The summed E-state index contributed by atoms with van der Waals surface area (Å²) >= 11 is 0. The lowest BCUT2D eigenvalue weighted by molar-refractivity contribution is -0.125. The number of carbonyl (C=O) groups excluding carboxylic acids is 2. The van der Waals surface area contributed by atoms with Crippen LogP contribution in [0.5, 0.6) is 11.5 Å². The lowest BCUT2D eigenvalue weighted by atomic mass is 9.96. The van der Waals surface area contributed by atoms with E-state index in [4.69, 9.17) is 9.47 Å². The fourth-order valence-corrected chi connectivity index (χ4v) is 4.24. The molecule has 0 spiro atoms. The normalized spacial score (nSPS) is 18.5. The molecule has 1 atom stereocenters. The first kappa shape index (κ1) is 22.0. The van der Waals surface area contributed by atoms with E-state index in [9.17, 15) is 9.59 Å². The molecule has 2 aliphatic rings. The van der Waals surface area contributed by atoms with E-state index >= 15 is 0 Å². The molecule has 0 bridgehead atoms. The third-order valence-electron chi connectivity index (χ3n) is 5.90. The Morgan fingerprint density at radius 3 is 2.69 bits per heavy atom. The summed E-state index contributed by atoms with van der Waals surface area (Å²) in [6.07, 6.45) is 5.73. The van der Waals surface area contributed by atoms with Crippen molar-refractivity contribution in [3.63, 3.8) is 0 Å². The van der Waals surface area contributed by atoms with Gasteiger partial charge in [-0.1, -0.05) is 37.5 Å². The third kappa shape index (κ3) is 5.52. The van der Waals surface area contributed by atoms with Crippen molar-refractivity contribution in [1.82, 2.24) is 5.32 Å². The zero-order chi connectivity index (χ0) is 22.3. The van der Waals surface area contributed by atoms with E-state index in [1.807, 2.05) is 36.4 Å². The van der Waals surface area contributed by atoms with Gasteiger partial charge in [0.2, 0.25) is 0 Å². The number of para-hydroxylation sites is 1. The van der Waals surface area contributed by atoms with Crippen LogP contribution >= 0.6 is 0 Å². The van der Waals surface area contributed by atoms with Crippen LogP contribution in [0.2, 0.25) is 0 Å². The van der Waals surface area contributed by atoms with Gasteiger partial charge in [0.25, 0.3) is 5.91 Å². The number of nitrogens with one attached hydrogen (secondary N) is 2. The van der Waals surface area contributed by atoms with Crippen LogP contribution in [0.15, 0.2) is 48.5 Å². The summed E-state index contributed by atoms with van der Waals surface area (Å²) in [5.41, 5.74) is 1.30. The summed E-state index contributed by atoms with van der Waals surface area (Å²) in [6, 6.07) is 15.1. The minimum Gasteiger partial charge on any atom is -0.494 e. The molecular formula is C25H31N3O4. The van der Waals surface area contributed by atoms with Gasteiger partial charge in [0.1, 0.15) is 11.5 Å². The molecule has 1 heterocycles. The fraction of sp³-hybridized carbons (Fsp3) is 0.440. The number of ether oxygens (including phenoxy) is 2. The molecule has 32 heavy (non-hydrogen) atoms. The number of rotatable bonds is 7. The zero-order valence-electron chi connectivity index (χ0n) is 18.5. The number of amides is 3. The molecule has 1 aliphatic heterocycles. The van der Waals surface area contributed by atoms with E-state index in [0.717, 1.165) is 31.4 Å². The maximum Gasteiger partial charge on any atom is 0.319 e. The van der Waals surface area contributed by atoms with Crippen LogP contribution in [-0.2, 0) is 4.79 Å². The summed E-state index contributed by atoms with van der Waals surface area (Å²) in [5.74, 6) is 1.35. The number of anilines is 2. The maximum atomic E-state index is 12.8. The average Bonchev–Trinajstić information content (AvgIpc) is 2.80. The third-order valence-corrected chi connectivity index (χ3v) is 5.90. The van der Waals surface area contributed by atoms with Crippen LogP contribution in [0.4, 0.5) is 16.2 Å². The molecule has 2 N–H and O–H groups in total. The van der Waals surface area contributed by atoms with Gasteiger partial charge in [-0.3, -0.25) is 4.79 Å². The van der Waals surface area contributed by atoms with Crippen LogP contribution in [0, 0.1) is 0 Å². The smallest absolute Gasteiger partial charge is 0.319 e. The minimum absolute atomic E-state index is 0.0963. The molecule has 7 nitrogen and oxygen atoms in total. The van der Waals surface area contributed by atoms with Crippen molar-refractivity contribution in [3.05, 3.63) is 48.5 Å². The average molecular weight is 438 g/mol. The van der Waals surface area contributed by atoms with Gasteiger partial charge in [-0.05, 0) is 56.5 Å². The highest BCUT2D eigenvalue weighted by molar-refractivity contribution is 6.01. The number of nitrogens with zero attached hydrogens (tertiary/aromatic N) is 1. The van der Waals surface area contributed by atoms with Gasteiger partial charge in [-0.2, -0.15) is 0 Å². The Balaban J connectivity index is 1.38. The summed E-state index contributed by atoms with van der Waals surface area (Å²) in [4.78, 5) is 27.0. The Bertz CT molecular complexity index is 928. The molecular weight excluding hydrogens is 406 g/mol. The Morgan fingerprint density at radius 1 is 1.12 bits per heavy atom. The molecule has 4 rings (SSSR count). The fourth-order valence-electron chi connectivity index (χ4n) is 4.24. The van der Waals surface area contributed by atoms with Crippen molar-refractivity contribution in [1.29, 1.82) is 0 Å². The molecule has 170 valence electrons. The quantitative estimate of drug-likeness (QED) is 0.614. The largest absolute Gasteiger partial charge is 0.494 e. The van der Waals surface area contributed by atoms with Crippen molar-refractivity contribution < 1.29 is 19.1 Å². The van der Waals surface area contributed by atoms with E-state index in [-0.39, 0.29) is 18.0 Å². The first-order valence-corrected chi connectivity index (χ1v) is 11.5. The SMILES string of the molecule is CC1Oc2ccc(NC(=O)NC3CCCCC3)cc2N(CCCOc2ccccc2)C1=O. The molecule has 0 radical (unpaired) electrons. The van der Waals surface area contributed by atoms with Gasteiger partial charge in [-0.15, -0.1) is 0 Å². The van der Waals surface area contributed by atoms with E-state index in [0.29, 0.717) is 36.7 Å². The van der Waals surface area contributed by atoms with Crippen LogP contribution in [0.3, 0.4) is 0 Å². The van der Waals surface area contributed by atoms with Crippen LogP contribution in [0.1, 0.15) is 45.4 Å². The minimum atomic E-state index is -0.550. The van der Waals surface area contributed by atoms with Gasteiger partial charge in [0.05, 0.1) is 12.3 Å². The molecule has 1 fully saturated rings. The summed E-state index contributed by atoms with van der Waals surface area (Å²) in [7, 11) is 0. The summed E-state index contributed by atoms with van der Waals surface area (Å²) in [5, 5.41) is 5.96. The molecule has 1 aliphatic carbocycles. The second kappa shape index (κ2) is 10.4. The van der Waals surface area contributed by atoms with Gasteiger partial charge in [0, 0.05) is 18.3 Å². The predicted octanol–water partition coefficient (Wildman–Crippen LogP) is 4.72. The molecule has 2 aromatic rings. The van der Waals surface area contributed by atoms with E-state index in [1.165, 1.54) is 6.42 Å². The Hall–Kier alpha value is -3.22. The zero-order valence-corrected chi connectivity index (χ0v) is 18.5. The van der Waals surface area contributed by atoms with Gasteiger partial charge in [0.15, 0.2) is 6.10 Å². The standard InChI is InChI=1S/C25H31N3O4/c1-18-24(29)28(15-8-16-31-21-11-6-3-7-12-21)22-17-20(13-14-23(22)32-18)27-25(30)26-19-9-4-2-5-10-19/h3,6-7,11-14,17-19H,2,4-5,8-10,15-16H2,1H3,(H2,26,27,30). The molecule has 1 unspecified atom stereocenters. The van der Waals surface area contributed by atoms with Crippen LogP contribution < -0.4 is 25.0 Å². The van der Waals surface area contributed by atoms with Crippen molar-refractivity contribution in [2.75, 3.05) is 23.4 Å². The molecule has 0 aromatic heterocycles. The monoisotopic (exact) mass is 437 g/mol. The molecule has 2 aromatic carbocycles. The van der Waals surface area contributed by atoms with Crippen molar-refractivity contribution >= 4 is 23.3 Å². The van der Waals surface area contributed by atoms with Crippen LogP contribution in [0.25, 0.3) is 0 Å². The highest BCUT2D eigenvalue weighted by Crippen LogP contribution is 2.36. The van der Waals surface area contributed by atoms with Crippen molar-refractivity contribution in [3.8, 4) is 11.5 Å². The maximum absolute atomic E-state index is 12.8.